The lowest BCUT2D eigenvalue weighted by atomic mass is 9.92. The number of carbonyl (C=O) groups is 2. The summed E-state index contributed by atoms with van der Waals surface area (Å²) in [5.74, 6) is 0.337. The molecule has 0 saturated heterocycles. The summed E-state index contributed by atoms with van der Waals surface area (Å²) in [4.78, 5) is 35.5. The standard InChI is InChI=1S/C30H39Br2N3O7/c1-18-19(2)26(13-12-25(18)35(38)39)40-14-6-7-27(36)41-23-10-8-22(9-11-23)33-17-20-15-21(31)16-24(32)28(20)34-29(37)42-30(3,4)5/h12-13,15-16,22-23,33H,6-11,14,17H2,1-5H3,(H,34,37). The van der Waals surface area contributed by atoms with E-state index in [4.69, 9.17) is 14.2 Å². The molecule has 2 aromatic rings. The number of nitro benzene ring substituents is 1. The zero-order valence-electron chi connectivity index (χ0n) is 24.7. The maximum atomic E-state index is 12.4. The van der Waals surface area contributed by atoms with E-state index in [1.165, 1.54) is 6.07 Å². The largest absolute Gasteiger partial charge is 0.493 e. The number of rotatable bonds is 11. The summed E-state index contributed by atoms with van der Waals surface area (Å²) >= 11 is 7.07. The molecule has 2 N–H and O–H groups in total. The highest BCUT2D eigenvalue weighted by molar-refractivity contribution is 9.11. The summed E-state index contributed by atoms with van der Waals surface area (Å²) in [5, 5.41) is 17.5. The van der Waals surface area contributed by atoms with Gasteiger partial charge in [-0.1, -0.05) is 15.9 Å². The predicted octanol–water partition coefficient (Wildman–Crippen LogP) is 7.89. The number of benzene rings is 2. The first kappa shape index (κ1) is 33.8. The number of carbonyl (C=O) groups excluding carboxylic acids is 2. The van der Waals surface area contributed by atoms with Gasteiger partial charge in [0.2, 0.25) is 0 Å². The number of halogens is 2. The lowest BCUT2D eigenvalue weighted by Crippen LogP contribution is -2.36. The van der Waals surface area contributed by atoms with E-state index in [1.54, 1.807) is 19.9 Å². The summed E-state index contributed by atoms with van der Waals surface area (Å²) in [6.07, 6.45) is 3.38. The smallest absolute Gasteiger partial charge is 0.412 e. The molecule has 12 heteroatoms. The number of nitro groups is 1. The highest BCUT2D eigenvalue weighted by atomic mass is 79.9. The quantitative estimate of drug-likeness (QED) is 0.104. The molecule has 0 heterocycles. The molecular weight excluding hydrogens is 674 g/mol. The Labute approximate surface area is 263 Å². The SMILES string of the molecule is Cc1c(OCCCC(=O)OC2CCC(NCc3cc(Br)cc(Br)c3NC(=O)OC(C)(C)C)CC2)ccc([N+](=O)[O-])c1C. The lowest BCUT2D eigenvalue weighted by Gasteiger charge is -2.29. The molecule has 230 valence electrons. The molecule has 1 amide bonds. The molecule has 42 heavy (non-hydrogen) atoms. The first-order valence-corrected chi connectivity index (χ1v) is 15.6. The van der Waals surface area contributed by atoms with Crippen LogP contribution in [-0.2, 0) is 20.8 Å². The van der Waals surface area contributed by atoms with Gasteiger partial charge in [0.15, 0.2) is 0 Å². The average molecular weight is 713 g/mol. The Morgan fingerprint density at radius 1 is 1.07 bits per heavy atom. The first-order valence-electron chi connectivity index (χ1n) is 14.0. The van der Waals surface area contributed by atoms with Crippen LogP contribution >= 0.6 is 31.9 Å². The number of hydrogen-bond donors (Lipinski definition) is 2. The molecule has 0 aromatic heterocycles. The fourth-order valence-corrected chi connectivity index (χ4v) is 6.14. The third kappa shape index (κ3) is 10.2. The van der Waals surface area contributed by atoms with Crippen LogP contribution in [0.3, 0.4) is 0 Å². The maximum Gasteiger partial charge on any atom is 0.412 e. The van der Waals surface area contributed by atoms with Gasteiger partial charge < -0.3 is 19.5 Å². The molecule has 1 fully saturated rings. The second kappa shape index (κ2) is 15.2. The van der Waals surface area contributed by atoms with E-state index in [-0.39, 0.29) is 30.2 Å². The van der Waals surface area contributed by atoms with Crippen LogP contribution in [0.5, 0.6) is 5.75 Å². The second-order valence-corrected chi connectivity index (χ2v) is 13.2. The number of hydrogen-bond acceptors (Lipinski definition) is 8. The number of esters is 1. The molecule has 0 spiro atoms. The van der Waals surface area contributed by atoms with Crippen LogP contribution in [-0.4, -0.2) is 41.3 Å². The fraction of sp³-hybridized carbons (Fsp3) is 0.533. The Morgan fingerprint density at radius 2 is 1.76 bits per heavy atom. The van der Waals surface area contributed by atoms with Gasteiger partial charge in [-0.05, 0) is 106 Å². The monoisotopic (exact) mass is 711 g/mol. The van der Waals surface area contributed by atoms with E-state index in [1.807, 2.05) is 32.9 Å². The van der Waals surface area contributed by atoms with Crippen molar-refractivity contribution in [2.45, 2.75) is 97.4 Å². The topological polar surface area (TPSA) is 129 Å². The van der Waals surface area contributed by atoms with E-state index in [0.29, 0.717) is 36.6 Å². The number of nitrogens with one attached hydrogen (secondary N) is 2. The Kier molecular flexibility index (Phi) is 12.2. The summed E-state index contributed by atoms with van der Waals surface area (Å²) in [6.45, 7) is 9.81. The molecule has 0 radical (unpaired) electrons. The van der Waals surface area contributed by atoms with Gasteiger partial charge in [0.25, 0.3) is 5.69 Å². The molecule has 0 aliphatic heterocycles. The van der Waals surface area contributed by atoms with Gasteiger partial charge in [-0.15, -0.1) is 0 Å². The number of nitrogens with zero attached hydrogens (tertiary/aromatic N) is 1. The number of ether oxygens (including phenoxy) is 3. The number of amides is 1. The highest BCUT2D eigenvalue weighted by Crippen LogP contribution is 2.32. The summed E-state index contributed by atoms with van der Waals surface area (Å²) in [6, 6.07) is 7.13. The van der Waals surface area contributed by atoms with Crippen molar-refractivity contribution in [3.05, 3.63) is 60.0 Å². The van der Waals surface area contributed by atoms with Gasteiger partial charge in [-0.2, -0.15) is 0 Å². The normalized spacial score (nSPS) is 16.9. The van der Waals surface area contributed by atoms with Crippen molar-refractivity contribution >= 4 is 55.3 Å². The molecule has 0 unspecified atom stereocenters. The zero-order valence-corrected chi connectivity index (χ0v) is 27.9. The van der Waals surface area contributed by atoms with Crippen LogP contribution in [0.1, 0.15) is 76.0 Å². The van der Waals surface area contributed by atoms with Crippen molar-refractivity contribution in [1.82, 2.24) is 5.32 Å². The van der Waals surface area contributed by atoms with Crippen LogP contribution in [0, 0.1) is 24.0 Å². The zero-order chi connectivity index (χ0) is 31.0. The van der Waals surface area contributed by atoms with Gasteiger partial charge in [0, 0.05) is 45.1 Å². The Morgan fingerprint density at radius 3 is 2.40 bits per heavy atom. The van der Waals surface area contributed by atoms with Gasteiger partial charge in [0.05, 0.1) is 17.2 Å². The molecule has 3 rings (SSSR count). The van der Waals surface area contributed by atoms with Crippen LogP contribution in [0.2, 0.25) is 0 Å². The van der Waals surface area contributed by atoms with E-state index >= 15 is 0 Å². The van der Waals surface area contributed by atoms with E-state index in [0.717, 1.165) is 45.8 Å². The van der Waals surface area contributed by atoms with Gasteiger partial charge in [0.1, 0.15) is 17.5 Å². The lowest BCUT2D eigenvalue weighted by molar-refractivity contribution is -0.385. The Hall–Kier alpha value is -2.70. The average Bonchev–Trinajstić information content (AvgIpc) is 2.89. The summed E-state index contributed by atoms with van der Waals surface area (Å²) in [5.41, 5.74) is 2.33. The Balaban J connectivity index is 1.40. The van der Waals surface area contributed by atoms with Crippen molar-refractivity contribution < 1.29 is 28.7 Å². The second-order valence-electron chi connectivity index (χ2n) is 11.4. The fourth-order valence-electron chi connectivity index (χ4n) is 4.73. The highest BCUT2D eigenvalue weighted by Gasteiger charge is 2.25. The van der Waals surface area contributed by atoms with Crippen molar-refractivity contribution in [2.75, 3.05) is 11.9 Å². The molecule has 0 atom stereocenters. The predicted molar refractivity (Wildman–Crippen MR) is 168 cm³/mol. The van der Waals surface area contributed by atoms with Crippen LogP contribution < -0.4 is 15.4 Å². The molecule has 10 nitrogen and oxygen atoms in total. The minimum atomic E-state index is -0.603. The summed E-state index contributed by atoms with van der Waals surface area (Å²) < 4.78 is 18.5. The summed E-state index contributed by atoms with van der Waals surface area (Å²) in [7, 11) is 0. The third-order valence-corrected chi connectivity index (χ3v) is 8.09. The molecular formula is C30H39Br2N3O7. The minimum absolute atomic E-state index is 0.0644. The van der Waals surface area contributed by atoms with Crippen LogP contribution in [0.15, 0.2) is 33.2 Å². The number of anilines is 1. The third-order valence-electron chi connectivity index (χ3n) is 7.00. The van der Waals surface area contributed by atoms with E-state index in [2.05, 4.69) is 42.5 Å². The minimum Gasteiger partial charge on any atom is -0.493 e. The van der Waals surface area contributed by atoms with Crippen molar-refractivity contribution in [1.29, 1.82) is 0 Å². The van der Waals surface area contributed by atoms with Crippen molar-refractivity contribution in [2.24, 2.45) is 0 Å². The molecule has 1 aliphatic rings. The molecule has 1 saturated carbocycles. The van der Waals surface area contributed by atoms with Crippen LogP contribution in [0.4, 0.5) is 16.2 Å². The van der Waals surface area contributed by atoms with Gasteiger partial charge in [-0.3, -0.25) is 20.2 Å². The van der Waals surface area contributed by atoms with Gasteiger partial charge >= 0.3 is 12.1 Å². The van der Waals surface area contributed by atoms with Crippen molar-refractivity contribution in [3.8, 4) is 5.75 Å². The van der Waals surface area contributed by atoms with Crippen molar-refractivity contribution in [3.63, 3.8) is 0 Å². The molecule has 1 aliphatic carbocycles. The van der Waals surface area contributed by atoms with E-state index in [9.17, 15) is 19.7 Å². The van der Waals surface area contributed by atoms with Gasteiger partial charge in [-0.25, -0.2) is 4.79 Å². The Bertz CT molecular complexity index is 1290. The molecule has 2 aromatic carbocycles. The molecule has 0 bridgehead atoms. The maximum absolute atomic E-state index is 12.4. The van der Waals surface area contributed by atoms with E-state index < -0.39 is 16.6 Å². The van der Waals surface area contributed by atoms with Crippen LogP contribution in [0.25, 0.3) is 0 Å². The first-order chi connectivity index (χ1) is 19.7.